The second-order valence-corrected chi connectivity index (χ2v) is 5.60. The second kappa shape index (κ2) is 8.04. The maximum absolute atomic E-state index is 6.09. The summed E-state index contributed by atoms with van der Waals surface area (Å²) in [6, 6.07) is 14.0. The van der Waals surface area contributed by atoms with Crippen LogP contribution in [0.2, 0.25) is 0 Å². The molecule has 0 saturated carbocycles. The van der Waals surface area contributed by atoms with Crippen molar-refractivity contribution >= 4 is 0 Å². The highest BCUT2D eigenvalue weighted by Crippen LogP contribution is 2.38. The number of hydrogen-bond donors (Lipinski definition) is 1. The molecule has 0 unspecified atom stereocenters. The molecule has 128 valence electrons. The fourth-order valence-electron chi connectivity index (χ4n) is 2.77. The topological polar surface area (TPSA) is 49.0 Å². The van der Waals surface area contributed by atoms with Crippen LogP contribution in [0.4, 0.5) is 0 Å². The zero-order valence-corrected chi connectivity index (χ0v) is 14.1. The number of ether oxygens (including phenoxy) is 4. The quantitative estimate of drug-likeness (QED) is 0.883. The summed E-state index contributed by atoms with van der Waals surface area (Å²) in [4.78, 5) is 0. The van der Waals surface area contributed by atoms with E-state index in [1.54, 1.807) is 14.2 Å². The van der Waals surface area contributed by atoms with Crippen LogP contribution in [0, 0.1) is 0 Å². The van der Waals surface area contributed by atoms with E-state index >= 15 is 0 Å². The van der Waals surface area contributed by atoms with Crippen molar-refractivity contribution in [3.63, 3.8) is 0 Å². The molecule has 0 amide bonds. The zero-order valence-electron chi connectivity index (χ0n) is 14.1. The van der Waals surface area contributed by atoms with Gasteiger partial charge in [0.1, 0.15) is 12.4 Å². The predicted octanol–water partition coefficient (Wildman–Crippen LogP) is 2.94. The summed E-state index contributed by atoms with van der Waals surface area (Å²) >= 11 is 0. The number of nitrogens with one attached hydrogen (secondary N) is 1. The van der Waals surface area contributed by atoms with E-state index in [0.717, 1.165) is 30.0 Å². The van der Waals surface area contributed by atoms with Gasteiger partial charge in [0.25, 0.3) is 0 Å². The summed E-state index contributed by atoms with van der Waals surface area (Å²) in [6.45, 7) is 2.65. The van der Waals surface area contributed by atoms with Crippen molar-refractivity contribution in [1.82, 2.24) is 5.32 Å². The van der Waals surface area contributed by atoms with Crippen molar-refractivity contribution < 1.29 is 18.9 Å². The lowest BCUT2D eigenvalue weighted by atomic mass is 10.0. The van der Waals surface area contributed by atoms with E-state index in [1.807, 2.05) is 42.5 Å². The highest BCUT2D eigenvalue weighted by molar-refractivity contribution is 5.52. The SMILES string of the molecule is COc1cc(OCc2ccccc2)c([C@@H]2COCCN2)cc1OC. The summed E-state index contributed by atoms with van der Waals surface area (Å²) in [5.74, 6) is 2.12. The third-order valence-electron chi connectivity index (χ3n) is 4.05. The lowest BCUT2D eigenvalue weighted by molar-refractivity contribution is 0.0756. The molecule has 24 heavy (non-hydrogen) atoms. The Morgan fingerprint density at radius 1 is 1.04 bits per heavy atom. The van der Waals surface area contributed by atoms with Crippen LogP contribution in [-0.4, -0.2) is 34.0 Å². The summed E-state index contributed by atoms with van der Waals surface area (Å²) in [6.07, 6.45) is 0. The first-order valence-corrected chi connectivity index (χ1v) is 8.05. The van der Waals surface area contributed by atoms with Crippen LogP contribution in [0.1, 0.15) is 17.2 Å². The molecular weight excluding hydrogens is 306 g/mol. The van der Waals surface area contributed by atoms with Crippen molar-refractivity contribution in [3.8, 4) is 17.2 Å². The van der Waals surface area contributed by atoms with Gasteiger partial charge in [0.15, 0.2) is 11.5 Å². The van der Waals surface area contributed by atoms with Gasteiger partial charge >= 0.3 is 0 Å². The van der Waals surface area contributed by atoms with Crippen molar-refractivity contribution in [3.05, 3.63) is 53.6 Å². The summed E-state index contributed by atoms with van der Waals surface area (Å²) in [5.41, 5.74) is 2.13. The Bertz CT molecular complexity index is 654. The average molecular weight is 329 g/mol. The minimum absolute atomic E-state index is 0.0735. The van der Waals surface area contributed by atoms with E-state index in [2.05, 4.69) is 5.32 Å². The number of rotatable bonds is 6. The molecule has 0 radical (unpaired) electrons. The first-order chi connectivity index (χ1) is 11.8. The molecule has 1 atom stereocenters. The number of morpholine rings is 1. The summed E-state index contributed by atoms with van der Waals surface area (Å²) < 4.78 is 22.5. The second-order valence-electron chi connectivity index (χ2n) is 5.60. The van der Waals surface area contributed by atoms with E-state index in [-0.39, 0.29) is 6.04 Å². The molecule has 1 saturated heterocycles. The van der Waals surface area contributed by atoms with Crippen molar-refractivity contribution in [1.29, 1.82) is 0 Å². The third kappa shape index (κ3) is 3.80. The third-order valence-corrected chi connectivity index (χ3v) is 4.05. The lowest BCUT2D eigenvalue weighted by Gasteiger charge is -2.27. The molecule has 3 rings (SSSR count). The molecule has 0 aliphatic carbocycles. The van der Waals surface area contributed by atoms with Crippen LogP contribution in [0.15, 0.2) is 42.5 Å². The molecule has 5 nitrogen and oxygen atoms in total. The molecule has 1 N–H and O–H groups in total. The van der Waals surface area contributed by atoms with Gasteiger partial charge in [-0.1, -0.05) is 30.3 Å². The fourth-order valence-corrected chi connectivity index (χ4v) is 2.77. The highest BCUT2D eigenvalue weighted by Gasteiger charge is 2.22. The Morgan fingerprint density at radius 3 is 2.46 bits per heavy atom. The molecule has 1 fully saturated rings. The molecule has 0 spiro atoms. The van der Waals surface area contributed by atoms with Crippen molar-refractivity contribution in [2.24, 2.45) is 0 Å². The molecule has 5 heteroatoms. The minimum Gasteiger partial charge on any atom is -0.493 e. The normalized spacial score (nSPS) is 17.3. The Labute approximate surface area is 142 Å². The lowest BCUT2D eigenvalue weighted by Crippen LogP contribution is -2.34. The van der Waals surface area contributed by atoms with E-state index < -0.39 is 0 Å². The Hall–Kier alpha value is -2.24. The van der Waals surface area contributed by atoms with Crippen molar-refractivity contribution in [2.45, 2.75) is 12.6 Å². The first kappa shape index (κ1) is 16.6. The summed E-state index contributed by atoms with van der Waals surface area (Å²) in [5, 5.41) is 3.46. The van der Waals surface area contributed by atoms with Gasteiger partial charge in [0, 0.05) is 18.2 Å². The maximum atomic E-state index is 6.09. The molecule has 1 aliphatic rings. The number of hydrogen-bond acceptors (Lipinski definition) is 5. The average Bonchev–Trinajstić information content (AvgIpc) is 2.67. The van der Waals surface area contributed by atoms with Crippen LogP contribution >= 0.6 is 0 Å². The van der Waals surface area contributed by atoms with Crippen LogP contribution in [0.3, 0.4) is 0 Å². The van der Waals surface area contributed by atoms with Crippen LogP contribution in [-0.2, 0) is 11.3 Å². The van der Waals surface area contributed by atoms with Crippen LogP contribution < -0.4 is 19.5 Å². The molecule has 1 aliphatic heterocycles. The highest BCUT2D eigenvalue weighted by atomic mass is 16.5. The minimum atomic E-state index is 0.0735. The molecular formula is C19H23NO4. The van der Waals surface area contributed by atoms with Crippen LogP contribution in [0.5, 0.6) is 17.2 Å². The Morgan fingerprint density at radius 2 is 1.79 bits per heavy atom. The maximum Gasteiger partial charge on any atom is 0.164 e. The van der Waals surface area contributed by atoms with Gasteiger partial charge in [-0.05, 0) is 11.6 Å². The van der Waals surface area contributed by atoms with Gasteiger partial charge in [-0.25, -0.2) is 0 Å². The molecule has 0 aromatic heterocycles. The van der Waals surface area contributed by atoms with Crippen molar-refractivity contribution in [2.75, 3.05) is 34.0 Å². The van der Waals surface area contributed by atoms with Gasteiger partial charge in [-0.15, -0.1) is 0 Å². The zero-order chi connectivity index (χ0) is 16.8. The van der Waals surface area contributed by atoms with Crippen LogP contribution in [0.25, 0.3) is 0 Å². The molecule has 0 bridgehead atoms. The largest absolute Gasteiger partial charge is 0.493 e. The van der Waals surface area contributed by atoms with E-state index in [4.69, 9.17) is 18.9 Å². The molecule has 2 aromatic carbocycles. The van der Waals surface area contributed by atoms with Gasteiger partial charge in [0.05, 0.1) is 33.5 Å². The number of methoxy groups -OCH3 is 2. The van der Waals surface area contributed by atoms with E-state index in [9.17, 15) is 0 Å². The van der Waals surface area contributed by atoms with E-state index in [1.165, 1.54) is 0 Å². The van der Waals surface area contributed by atoms with Gasteiger partial charge in [0.2, 0.25) is 0 Å². The van der Waals surface area contributed by atoms with Gasteiger partial charge < -0.3 is 24.3 Å². The Kier molecular flexibility index (Phi) is 5.56. The van der Waals surface area contributed by atoms with Gasteiger partial charge in [-0.3, -0.25) is 0 Å². The standard InChI is InChI=1S/C19H23NO4/c1-21-18-10-15(16-13-23-9-8-20-16)17(11-19(18)22-2)24-12-14-6-4-3-5-7-14/h3-7,10-11,16,20H,8-9,12-13H2,1-2H3/t16-/m0/s1. The first-order valence-electron chi connectivity index (χ1n) is 8.05. The molecule has 1 heterocycles. The summed E-state index contributed by atoms with van der Waals surface area (Å²) in [7, 11) is 3.26. The Balaban J connectivity index is 1.88. The van der Waals surface area contributed by atoms with Gasteiger partial charge in [-0.2, -0.15) is 0 Å². The molecule has 2 aromatic rings. The predicted molar refractivity (Wildman–Crippen MR) is 91.9 cm³/mol. The smallest absolute Gasteiger partial charge is 0.164 e. The number of benzene rings is 2. The monoisotopic (exact) mass is 329 g/mol. The fraction of sp³-hybridized carbons (Fsp3) is 0.368. The van der Waals surface area contributed by atoms with E-state index in [0.29, 0.717) is 24.7 Å².